The van der Waals surface area contributed by atoms with Gasteiger partial charge in [-0.2, -0.15) is 0 Å². The van der Waals surface area contributed by atoms with E-state index >= 15 is 0 Å². The molecule has 3 saturated heterocycles. The summed E-state index contributed by atoms with van der Waals surface area (Å²) in [6.45, 7) is 1.77. The predicted molar refractivity (Wildman–Crippen MR) is 402 cm³/mol. The summed E-state index contributed by atoms with van der Waals surface area (Å²) in [5.41, 5.74) is 0. The summed E-state index contributed by atoms with van der Waals surface area (Å²) in [6.07, 6.45) is 51.5. The summed E-state index contributed by atoms with van der Waals surface area (Å²) < 4.78 is 34.4. The van der Waals surface area contributed by atoms with Crippen LogP contribution >= 0.6 is 0 Å². The van der Waals surface area contributed by atoms with Gasteiger partial charge in [0.25, 0.3) is 0 Å². The average molecular weight is 1440 g/mol. The van der Waals surface area contributed by atoms with Crippen molar-refractivity contribution in [1.29, 1.82) is 0 Å². The molecule has 0 radical (unpaired) electrons. The fourth-order valence-corrected chi connectivity index (χ4v) is 14.2. The molecule has 1 amide bonds. The molecule has 0 aromatic heterocycles. The highest BCUT2D eigenvalue weighted by atomic mass is 16.8. The van der Waals surface area contributed by atoms with Crippen molar-refractivity contribution in [2.24, 2.45) is 0 Å². The van der Waals surface area contributed by atoms with Crippen LogP contribution in [0.15, 0.2) is 36.5 Å². The number of aliphatic hydroxyl groups is 11. The first-order valence-corrected chi connectivity index (χ1v) is 41.7. The maximum Gasteiger partial charge on any atom is 0.220 e. The van der Waals surface area contributed by atoms with Crippen molar-refractivity contribution < 1.29 is 89.4 Å². The number of unbranched alkanes of at least 4 members (excludes halogenated alkanes) is 47. The van der Waals surface area contributed by atoms with Crippen LogP contribution in [-0.2, 0) is 33.2 Å². The third kappa shape index (κ3) is 43.0. The Labute approximate surface area is 612 Å². The molecule has 12 N–H and O–H groups in total. The van der Waals surface area contributed by atoms with Crippen LogP contribution in [0.25, 0.3) is 0 Å². The summed E-state index contributed by atoms with van der Waals surface area (Å²) in [4.78, 5) is 13.5. The number of ether oxygens (including phenoxy) is 6. The van der Waals surface area contributed by atoms with Crippen molar-refractivity contribution in [1.82, 2.24) is 5.32 Å². The van der Waals surface area contributed by atoms with Crippen LogP contribution in [0.2, 0.25) is 0 Å². The average Bonchev–Trinajstić information content (AvgIpc) is 0.792. The van der Waals surface area contributed by atoms with Crippen molar-refractivity contribution in [3.8, 4) is 0 Å². The van der Waals surface area contributed by atoms with Crippen LogP contribution in [0.4, 0.5) is 0 Å². The zero-order valence-electron chi connectivity index (χ0n) is 63.7. The highest BCUT2D eigenvalue weighted by Crippen LogP contribution is 2.33. The zero-order valence-corrected chi connectivity index (χ0v) is 63.7. The van der Waals surface area contributed by atoms with E-state index < -0.39 is 124 Å². The second-order valence-corrected chi connectivity index (χ2v) is 29.9. The Bertz CT molecular complexity index is 1960. The van der Waals surface area contributed by atoms with Gasteiger partial charge in [-0.15, -0.1) is 0 Å². The van der Waals surface area contributed by atoms with Gasteiger partial charge in [0.2, 0.25) is 5.91 Å². The molecular formula is C82H153NO18. The number of nitrogens with one attached hydrogen (secondary N) is 1. The van der Waals surface area contributed by atoms with E-state index in [-0.39, 0.29) is 18.9 Å². The van der Waals surface area contributed by atoms with E-state index in [0.29, 0.717) is 12.8 Å². The molecule has 594 valence electrons. The Morgan fingerprint density at radius 1 is 0.347 bits per heavy atom. The quantitative estimate of drug-likeness (QED) is 0.0199. The molecule has 19 heteroatoms. The normalized spacial score (nSPS) is 26.4. The number of amides is 1. The van der Waals surface area contributed by atoms with Crippen molar-refractivity contribution >= 4 is 5.91 Å². The lowest BCUT2D eigenvalue weighted by Crippen LogP contribution is -2.66. The molecule has 3 aliphatic heterocycles. The molecule has 0 aliphatic carbocycles. The van der Waals surface area contributed by atoms with E-state index in [1.165, 1.54) is 270 Å². The Morgan fingerprint density at radius 3 is 0.990 bits per heavy atom. The zero-order chi connectivity index (χ0) is 73.2. The van der Waals surface area contributed by atoms with Crippen molar-refractivity contribution in [2.75, 3.05) is 26.4 Å². The predicted octanol–water partition coefficient (Wildman–Crippen LogP) is 14.3. The van der Waals surface area contributed by atoms with E-state index in [2.05, 4.69) is 43.5 Å². The van der Waals surface area contributed by atoms with E-state index in [1.807, 2.05) is 6.08 Å². The first-order chi connectivity index (χ1) is 49.3. The molecule has 0 aromatic carbocycles. The number of carbonyl (C=O) groups is 1. The van der Waals surface area contributed by atoms with Crippen molar-refractivity contribution in [2.45, 2.75) is 452 Å². The molecule has 3 fully saturated rings. The standard InChI is InChI=1S/C82H153NO18/c1-3-5-7-9-11-13-15-17-19-21-23-25-27-29-30-31-32-33-34-36-38-40-42-44-46-48-50-52-54-56-58-60-70(88)83-65(66(87)59-57-55-53-51-49-47-45-43-41-39-37-35-28-26-24-22-20-18-16-14-12-10-8-6-4-2)64-96-80-76(94)73(91)78(68(62-85)98-80)101-82-77(95)74(92)79(69(63-86)99-82)100-81-75(93)72(90)71(89)67(61-84)97-81/h41,43,49,51,57,59,65-69,71-82,84-87,89-95H,3-40,42,44-48,50,52-56,58,60-64H2,1-2H3,(H,83,88)/b43-41+,51-49+,59-57+. The molecule has 0 aromatic rings. The minimum absolute atomic E-state index is 0.236. The molecule has 19 nitrogen and oxygen atoms in total. The van der Waals surface area contributed by atoms with Gasteiger partial charge in [0, 0.05) is 6.42 Å². The van der Waals surface area contributed by atoms with Gasteiger partial charge in [-0.25, -0.2) is 0 Å². The number of carbonyl (C=O) groups excluding carboxylic acids is 1. The van der Waals surface area contributed by atoms with Gasteiger partial charge in [-0.05, 0) is 44.9 Å². The Balaban J connectivity index is 1.37. The highest BCUT2D eigenvalue weighted by molar-refractivity contribution is 5.76. The third-order valence-corrected chi connectivity index (χ3v) is 20.9. The number of hydrogen-bond acceptors (Lipinski definition) is 18. The summed E-state index contributed by atoms with van der Waals surface area (Å²) in [6, 6.07) is -0.996. The van der Waals surface area contributed by atoms with Crippen molar-refractivity contribution in [3.63, 3.8) is 0 Å². The maximum absolute atomic E-state index is 13.5. The Morgan fingerprint density at radius 2 is 0.634 bits per heavy atom. The maximum atomic E-state index is 13.5. The topological polar surface area (TPSA) is 307 Å². The second kappa shape index (κ2) is 63.0. The van der Waals surface area contributed by atoms with Crippen LogP contribution in [0.5, 0.6) is 0 Å². The fourth-order valence-electron chi connectivity index (χ4n) is 14.2. The molecule has 3 rings (SSSR count). The highest BCUT2D eigenvalue weighted by Gasteiger charge is 2.54. The molecular weight excluding hydrogens is 1290 g/mol. The first-order valence-electron chi connectivity index (χ1n) is 41.7. The fraction of sp³-hybridized carbons (Fsp3) is 0.915. The van der Waals surface area contributed by atoms with E-state index in [1.54, 1.807) is 6.08 Å². The van der Waals surface area contributed by atoms with Crippen molar-refractivity contribution in [3.05, 3.63) is 36.5 Å². The summed E-state index contributed by atoms with van der Waals surface area (Å²) >= 11 is 0. The van der Waals surface area contributed by atoms with Gasteiger partial charge in [0.1, 0.15) is 73.2 Å². The minimum atomic E-state index is -1.98. The van der Waals surface area contributed by atoms with E-state index in [4.69, 9.17) is 28.4 Å². The number of allylic oxidation sites excluding steroid dienone is 5. The number of rotatable bonds is 67. The van der Waals surface area contributed by atoms with Gasteiger partial charge < -0.3 is 89.9 Å². The smallest absolute Gasteiger partial charge is 0.220 e. The van der Waals surface area contributed by atoms with Gasteiger partial charge in [0.15, 0.2) is 18.9 Å². The van der Waals surface area contributed by atoms with Gasteiger partial charge in [-0.3, -0.25) is 4.79 Å². The molecule has 3 aliphatic rings. The molecule has 0 saturated carbocycles. The van der Waals surface area contributed by atoms with Crippen LogP contribution in [0.3, 0.4) is 0 Å². The lowest BCUT2D eigenvalue weighted by molar-refractivity contribution is -0.379. The van der Waals surface area contributed by atoms with Gasteiger partial charge in [0.05, 0.1) is 38.6 Å². The minimum Gasteiger partial charge on any atom is -0.394 e. The number of aliphatic hydroxyl groups excluding tert-OH is 11. The van der Waals surface area contributed by atoms with Crippen LogP contribution in [-0.4, -0.2) is 193 Å². The molecule has 0 bridgehead atoms. The lowest BCUT2D eigenvalue weighted by Gasteiger charge is -2.48. The molecule has 101 heavy (non-hydrogen) atoms. The molecule has 17 unspecified atom stereocenters. The SMILES string of the molecule is CCCCCCCCCCCCCCCCC/C=C/CC/C=C/CC/C=C/C(O)C(COC1OC(CO)C(OC2OC(CO)C(OC3OC(CO)C(O)C(O)C3O)C(O)C2O)C(O)C1O)NC(=O)CCCCCCCCCCCCCCCCCCCCCCCCCCCCCCCCC. The summed E-state index contributed by atoms with van der Waals surface area (Å²) in [7, 11) is 0. The van der Waals surface area contributed by atoms with Crippen LogP contribution in [0, 0.1) is 0 Å². The Kier molecular flexibility index (Phi) is 58.1. The summed E-state index contributed by atoms with van der Waals surface area (Å²) in [5.74, 6) is -0.282. The lowest BCUT2D eigenvalue weighted by atomic mass is 9.96. The van der Waals surface area contributed by atoms with E-state index in [9.17, 15) is 61.0 Å². The van der Waals surface area contributed by atoms with Crippen LogP contribution in [0.1, 0.15) is 348 Å². The second-order valence-electron chi connectivity index (χ2n) is 29.9. The van der Waals surface area contributed by atoms with Crippen LogP contribution < -0.4 is 5.32 Å². The first kappa shape index (κ1) is 93.2. The number of hydrogen-bond donors (Lipinski definition) is 12. The third-order valence-electron chi connectivity index (χ3n) is 20.9. The van der Waals surface area contributed by atoms with Gasteiger partial charge in [-0.1, -0.05) is 333 Å². The Hall–Kier alpha value is -1.99. The van der Waals surface area contributed by atoms with Gasteiger partial charge >= 0.3 is 0 Å². The van der Waals surface area contributed by atoms with E-state index in [0.717, 1.165) is 44.9 Å². The largest absolute Gasteiger partial charge is 0.394 e. The summed E-state index contributed by atoms with van der Waals surface area (Å²) in [5, 5.41) is 121. The monoisotopic (exact) mass is 1440 g/mol. The molecule has 0 spiro atoms. The molecule has 17 atom stereocenters. The molecule has 3 heterocycles.